The van der Waals surface area contributed by atoms with Gasteiger partial charge in [-0.2, -0.15) is 4.98 Å². The Kier molecular flexibility index (Phi) is 3.19. The topological polar surface area (TPSA) is 99.9 Å². The van der Waals surface area contributed by atoms with Crippen LogP contribution in [0.4, 0.5) is 5.95 Å². The Balaban J connectivity index is 2.95. The SMILES string of the molecule is CC(C)Cn1c(NN)nc2c1c(=O)n(C)c(=O)n2C. The second-order valence-electron chi connectivity index (χ2n) is 4.96. The summed E-state index contributed by atoms with van der Waals surface area (Å²) < 4.78 is 4.12. The molecule has 0 unspecified atom stereocenters. The van der Waals surface area contributed by atoms with Gasteiger partial charge in [0.1, 0.15) is 0 Å². The lowest BCUT2D eigenvalue weighted by Crippen LogP contribution is -2.37. The molecule has 0 fully saturated rings. The Labute approximate surface area is 109 Å². The van der Waals surface area contributed by atoms with Crippen molar-refractivity contribution in [1.29, 1.82) is 0 Å². The first-order valence-corrected chi connectivity index (χ1v) is 6.01. The number of fused-ring (bicyclic) bond motifs is 1. The lowest BCUT2D eigenvalue weighted by atomic mass is 10.2. The quantitative estimate of drug-likeness (QED) is 0.569. The van der Waals surface area contributed by atoms with E-state index in [2.05, 4.69) is 10.4 Å². The fourth-order valence-electron chi connectivity index (χ4n) is 2.10. The average molecular weight is 266 g/mol. The van der Waals surface area contributed by atoms with Crippen molar-refractivity contribution in [3.63, 3.8) is 0 Å². The van der Waals surface area contributed by atoms with Crippen molar-refractivity contribution in [3.8, 4) is 0 Å². The van der Waals surface area contributed by atoms with E-state index in [1.165, 1.54) is 11.6 Å². The van der Waals surface area contributed by atoms with E-state index in [-0.39, 0.29) is 5.56 Å². The molecule has 8 heteroatoms. The highest BCUT2D eigenvalue weighted by Gasteiger charge is 2.18. The molecule has 2 aromatic heterocycles. The van der Waals surface area contributed by atoms with E-state index in [4.69, 9.17) is 5.84 Å². The molecule has 0 aliphatic heterocycles. The zero-order valence-electron chi connectivity index (χ0n) is 11.5. The van der Waals surface area contributed by atoms with Gasteiger partial charge in [0.15, 0.2) is 11.2 Å². The van der Waals surface area contributed by atoms with Crippen molar-refractivity contribution in [3.05, 3.63) is 20.8 Å². The van der Waals surface area contributed by atoms with E-state index < -0.39 is 5.69 Å². The third kappa shape index (κ3) is 1.93. The Morgan fingerprint density at radius 2 is 1.89 bits per heavy atom. The maximum Gasteiger partial charge on any atom is 0.332 e. The van der Waals surface area contributed by atoms with Gasteiger partial charge in [-0.3, -0.25) is 19.4 Å². The number of rotatable bonds is 3. The molecule has 0 radical (unpaired) electrons. The molecule has 0 atom stereocenters. The first kappa shape index (κ1) is 13.3. The fraction of sp³-hybridized carbons (Fsp3) is 0.545. The molecule has 104 valence electrons. The largest absolute Gasteiger partial charge is 0.332 e. The number of hydrazine groups is 1. The summed E-state index contributed by atoms with van der Waals surface area (Å²) in [6, 6.07) is 0. The molecule has 8 nitrogen and oxygen atoms in total. The number of imidazole rings is 1. The molecule has 0 amide bonds. The number of hydrogen-bond donors (Lipinski definition) is 2. The van der Waals surface area contributed by atoms with E-state index in [1.54, 1.807) is 11.6 Å². The van der Waals surface area contributed by atoms with Gasteiger partial charge in [-0.1, -0.05) is 13.8 Å². The second-order valence-corrected chi connectivity index (χ2v) is 4.96. The minimum absolute atomic E-state index is 0.312. The van der Waals surface area contributed by atoms with Crippen molar-refractivity contribution in [1.82, 2.24) is 18.7 Å². The predicted molar refractivity (Wildman–Crippen MR) is 72.9 cm³/mol. The summed E-state index contributed by atoms with van der Waals surface area (Å²) >= 11 is 0. The molecule has 0 bridgehead atoms. The molecule has 19 heavy (non-hydrogen) atoms. The van der Waals surface area contributed by atoms with Gasteiger partial charge >= 0.3 is 5.69 Å². The number of aromatic nitrogens is 4. The summed E-state index contributed by atoms with van der Waals surface area (Å²) in [6.45, 7) is 4.64. The monoisotopic (exact) mass is 266 g/mol. The molecule has 2 heterocycles. The van der Waals surface area contributed by atoms with Crippen LogP contribution < -0.4 is 22.5 Å². The molecular formula is C11H18N6O2. The van der Waals surface area contributed by atoms with Crippen LogP contribution in [-0.4, -0.2) is 18.7 Å². The predicted octanol–water partition coefficient (Wildman–Crippen LogP) is -0.625. The minimum Gasteiger partial charge on any atom is -0.303 e. The zero-order valence-corrected chi connectivity index (χ0v) is 11.5. The van der Waals surface area contributed by atoms with Crippen LogP contribution in [0.1, 0.15) is 13.8 Å². The normalized spacial score (nSPS) is 11.5. The number of nitrogens with one attached hydrogen (secondary N) is 1. The van der Waals surface area contributed by atoms with Gasteiger partial charge in [-0.05, 0) is 5.92 Å². The highest BCUT2D eigenvalue weighted by Crippen LogP contribution is 2.16. The van der Waals surface area contributed by atoms with Crippen LogP contribution in [0, 0.1) is 5.92 Å². The van der Waals surface area contributed by atoms with Crippen molar-refractivity contribution in [2.45, 2.75) is 20.4 Å². The summed E-state index contributed by atoms with van der Waals surface area (Å²) in [5.74, 6) is 6.13. The molecule has 0 saturated carbocycles. The molecule has 0 saturated heterocycles. The third-order valence-electron chi connectivity index (χ3n) is 3.02. The maximum atomic E-state index is 12.3. The smallest absolute Gasteiger partial charge is 0.303 e. The molecular weight excluding hydrogens is 248 g/mol. The van der Waals surface area contributed by atoms with E-state index >= 15 is 0 Å². The van der Waals surface area contributed by atoms with E-state index in [0.717, 1.165) is 4.57 Å². The third-order valence-corrected chi connectivity index (χ3v) is 3.02. The Morgan fingerprint density at radius 3 is 2.42 bits per heavy atom. The molecule has 0 aliphatic carbocycles. The van der Waals surface area contributed by atoms with Crippen molar-refractivity contribution < 1.29 is 0 Å². The van der Waals surface area contributed by atoms with Crippen LogP contribution in [0.25, 0.3) is 11.2 Å². The van der Waals surface area contributed by atoms with Gasteiger partial charge in [-0.15, -0.1) is 0 Å². The zero-order chi connectivity index (χ0) is 14.3. The summed E-state index contributed by atoms with van der Waals surface area (Å²) in [4.78, 5) is 28.3. The number of hydrogen-bond acceptors (Lipinski definition) is 5. The highest BCUT2D eigenvalue weighted by atomic mass is 16.2. The van der Waals surface area contributed by atoms with Crippen LogP contribution in [0.2, 0.25) is 0 Å². The molecule has 2 rings (SSSR count). The van der Waals surface area contributed by atoms with Crippen LogP contribution in [0.5, 0.6) is 0 Å². The van der Waals surface area contributed by atoms with Crippen LogP contribution in [0.15, 0.2) is 9.59 Å². The molecule has 0 aromatic carbocycles. The van der Waals surface area contributed by atoms with E-state index in [0.29, 0.717) is 29.6 Å². The van der Waals surface area contributed by atoms with Gasteiger partial charge in [0, 0.05) is 20.6 Å². The molecule has 0 aliphatic rings. The van der Waals surface area contributed by atoms with E-state index in [1.807, 2.05) is 13.8 Å². The Bertz CT molecular complexity index is 736. The molecule has 0 spiro atoms. The number of nitrogens with zero attached hydrogens (tertiary/aromatic N) is 4. The van der Waals surface area contributed by atoms with Gasteiger partial charge in [0.05, 0.1) is 0 Å². The second kappa shape index (κ2) is 4.54. The number of anilines is 1. The lowest BCUT2D eigenvalue weighted by molar-refractivity contribution is 0.534. The van der Waals surface area contributed by atoms with Gasteiger partial charge in [0.25, 0.3) is 5.56 Å². The van der Waals surface area contributed by atoms with Crippen LogP contribution in [0.3, 0.4) is 0 Å². The van der Waals surface area contributed by atoms with E-state index in [9.17, 15) is 9.59 Å². The van der Waals surface area contributed by atoms with Gasteiger partial charge < -0.3 is 4.57 Å². The maximum absolute atomic E-state index is 12.3. The fourth-order valence-corrected chi connectivity index (χ4v) is 2.10. The number of aryl methyl sites for hydroxylation is 1. The van der Waals surface area contributed by atoms with Gasteiger partial charge in [-0.25, -0.2) is 10.6 Å². The summed E-state index contributed by atoms with van der Waals surface area (Å²) in [6.07, 6.45) is 0. The van der Waals surface area contributed by atoms with Crippen LogP contribution >= 0.6 is 0 Å². The Hall–Kier alpha value is -2.09. The van der Waals surface area contributed by atoms with Crippen molar-refractivity contribution in [2.75, 3.05) is 5.43 Å². The summed E-state index contributed by atoms with van der Waals surface area (Å²) in [5, 5.41) is 0. The highest BCUT2D eigenvalue weighted by molar-refractivity contribution is 5.74. The minimum atomic E-state index is -0.407. The molecule has 2 aromatic rings. The first-order valence-electron chi connectivity index (χ1n) is 6.01. The lowest BCUT2D eigenvalue weighted by Gasteiger charge is -2.10. The van der Waals surface area contributed by atoms with Gasteiger partial charge in [0.2, 0.25) is 5.95 Å². The van der Waals surface area contributed by atoms with Crippen LogP contribution in [-0.2, 0) is 20.6 Å². The average Bonchev–Trinajstić information content (AvgIpc) is 2.71. The molecule has 3 N–H and O–H groups in total. The summed E-state index contributed by atoms with van der Waals surface area (Å²) in [7, 11) is 3.03. The first-order chi connectivity index (χ1) is 8.88. The number of nitrogen functional groups attached to an aromatic ring is 1. The number of nitrogens with two attached hydrogens (primary N) is 1. The standard InChI is InChI=1S/C11H18N6O2/c1-6(2)5-17-7-8(13-10(17)14-12)15(3)11(19)16(4)9(7)18/h6H,5,12H2,1-4H3,(H,13,14). The van der Waals surface area contributed by atoms with Crippen molar-refractivity contribution in [2.24, 2.45) is 25.9 Å². The Morgan fingerprint density at radius 1 is 1.26 bits per heavy atom. The van der Waals surface area contributed by atoms with Crippen molar-refractivity contribution >= 4 is 17.1 Å². The summed E-state index contributed by atoms with van der Waals surface area (Å²) in [5.41, 5.74) is 2.41.